The van der Waals surface area contributed by atoms with E-state index in [4.69, 9.17) is 4.74 Å². The Kier molecular flexibility index (Phi) is 9.75. The Balaban J connectivity index is 0.000000791. The van der Waals surface area contributed by atoms with Crippen LogP contribution in [0, 0.1) is 13.0 Å². The van der Waals surface area contributed by atoms with Gasteiger partial charge < -0.3 is 4.74 Å². The minimum absolute atomic E-state index is 0.802. The second-order valence-corrected chi connectivity index (χ2v) is 2.93. The number of halogens is 1. The van der Waals surface area contributed by atoms with Gasteiger partial charge in [-0.05, 0) is 6.42 Å². The molecule has 0 aromatic heterocycles. The third-order valence-corrected chi connectivity index (χ3v) is 1.70. The monoisotopic (exact) mass is 306 g/mol. The topological polar surface area (TPSA) is 9.23 Å². The van der Waals surface area contributed by atoms with Gasteiger partial charge >= 0.3 is 30.0 Å². The molecule has 14 heavy (non-hydrogen) atoms. The molecule has 1 nitrogen and oxygen atoms in total. The molecule has 1 aromatic rings. The zero-order chi connectivity index (χ0) is 10.8. The van der Waals surface area contributed by atoms with E-state index in [0.717, 1.165) is 18.8 Å². The molecule has 0 amide bonds. The predicted octanol–water partition coefficient (Wildman–Crippen LogP) is 3.82. The molecule has 0 bridgehead atoms. The SMILES string of the molecule is CCCCOc1[c-]cc(C)cc1.[Zn+][Br]. The molecule has 74 valence electrons. The third-order valence-electron chi connectivity index (χ3n) is 1.70. The van der Waals surface area contributed by atoms with Crippen molar-refractivity contribution in [1.29, 1.82) is 0 Å². The summed E-state index contributed by atoms with van der Waals surface area (Å²) < 4.78 is 5.45. The first kappa shape index (κ1) is 14.1. The second kappa shape index (κ2) is 9.67. The van der Waals surface area contributed by atoms with Crippen molar-refractivity contribution in [2.24, 2.45) is 0 Å². The van der Waals surface area contributed by atoms with Gasteiger partial charge in [0.2, 0.25) is 0 Å². The van der Waals surface area contributed by atoms with E-state index in [1.165, 1.54) is 28.3 Å². The number of hydrogen-bond donors (Lipinski definition) is 0. The molecule has 0 radical (unpaired) electrons. The normalized spacial score (nSPS) is 8.93. The van der Waals surface area contributed by atoms with E-state index in [1.54, 1.807) is 0 Å². The number of unbranched alkanes of at least 4 members (excludes halogenated alkanes) is 1. The summed E-state index contributed by atoms with van der Waals surface area (Å²) in [5, 5.41) is 0. The Morgan fingerprint density at radius 3 is 2.64 bits per heavy atom. The minimum atomic E-state index is 0.802. The van der Waals surface area contributed by atoms with Gasteiger partial charge in [-0.2, -0.15) is 17.7 Å². The first-order valence-corrected chi connectivity index (χ1v) is 11.7. The molecule has 0 spiro atoms. The van der Waals surface area contributed by atoms with Crippen LogP contribution in [0.1, 0.15) is 25.3 Å². The Labute approximate surface area is 103 Å². The average Bonchev–Trinajstić information content (AvgIpc) is 2.24. The third kappa shape index (κ3) is 6.56. The van der Waals surface area contributed by atoms with Crippen molar-refractivity contribution in [3.8, 4) is 5.75 Å². The second-order valence-electron chi connectivity index (χ2n) is 2.93. The van der Waals surface area contributed by atoms with Crippen molar-refractivity contribution in [3.63, 3.8) is 0 Å². The summed E-state index contributed by atoms with van der Waals surface area (Å²) in [5.41, 5.74) is 1.22. The molecule has 0 unspecified atom stereocenters. The van der Waals surface area contributed by atoms with Crippen molar-refractivity contribution in [2.45, 2.75) is 26.7 Å². The molecular weight excluding hydrogens is 293 g/mol. The molecule has 0 heterocycles. The van der Waals surface area contributed by atoms with E-state index in [9.17, 15) is 0 Å². The Hall–Kier alpha value is 0.123. The fourth-order valence-corrected chi connectivity index (χ4v) is 0.905. The number of ether oxygens (including phenoxy) is 1. The Bertz CT molecular complexity index is 223. The maximum absolute atomic E-state index is 5.45. The van der Waals surface area contributed by atoms with Crippen LogP contribution in [-0.4, -0.2) is 6.61 Å². The first-order valence-electron chi connectivity index (χ1n) is 4.71. The van der Waals surface area contributed by atoms with Crippen molar-refractivity contribution in [2.75, 3.05) is 6.61 Å². The molecular formula is C11H15BrOZn. The summed E-state index contributed by atoms with van der Waals surface area (Å²) in [4.78, 5) is 0. The van der Waals surface area contributed by atoms with E-state index in [2.05, 4.69) is 26.6 Å². The van der Waals surface area contributed by atoms with Gasteiger partial charge in [-0.25, -0.2) is 0 Å². The van der Waals surface area contributed by atoms with E-state index in [0.29, 0.717) is 0 Å². The summed E-state index contributed by atoms with van der Waals surface area (Å²) in [6.45, 7) is 5.00. The fourth-order valence-electron chi connectivity index (χ4n) is 0.905. The van der Waals surface area contributed by atoms with E-state index in [-0.39, 0.29) is 0 Å². The molecule has 0 saturated carbocycles. The standard InChI is InChI=1S/C11H15O.BrH.Zn/c1-3-4-9-12-11-7-5-10(2)6-8-11;;/h5-7H,3-4,9H2,1-2H3;1H;/q-1;;+2/p-1. The van der Waals surface area contributed by atoms with Crippen LogP contribution in [0.2, 0.25) is 0 Å². The molecule has 0 aliphatic carbocycles. The Morgan fingerprint density at radius 2 is 2.14 bits per heavy atom. The fraction of sp³-hybridized carbons (Fsp3) is 0.455. The van der Waals surface area contributed by atoms with Crippen LogP contribution in [0.15, 0.2) is 18.2 Å². The van der Waals surface area contributed by atoms with Gasteiger partial charge in [0.05, 0.1) is 6.61 Å². The van der Waals surface area contributed by atoms with Crippen LogP contribution in [0.4, 0.5) is 0 Å². The zero-order valence-corrected chi connectivity index (χ0v) is 13.4. The summed E-state index contributed by atoms with van der Waals surface area (Å²) in [6.07, 6.45) is 2.29. The number of hydrogen-bond acceptors (Lipinski definition) is 1. The quantitative estimate of drug-likeness (QED) is 0.467. The molecule has 0 aliphatic rings. The van der Waals surface area contributed by atoms with Gasteiger partial charge in [0.25, 0.3) is 0 Å². The molecule has 1 rings (SSSR count). The number of aryl methyl sites for hydroxylation is 1. The van der Waals surface area contributed by atoms with Gasteiger partial charge in [0.15, 0.2) is 0 Å². The van der Waals surface area contributed by atoms with Gasteiger partial charge in [-0.15, -0.1) is 12.1 Å². The van der Waals surface area contributed by atoms with Gasteiger partial charge in [0.1, 0.15) is 0 Å². The first-order chi connectivity index (χ1) is 6.83. The number of benzene rings is 1. The van der Waals surface area contributed by atoms with Crippen LogP contribution >= 0.6 is 13.6 Å². The summed E-state index contributed by atoms with van der Waals surface area (Å²) in [6, 6.07) is 9.02. The van der Waals surface area contributed by atoms with Crippen LogP contribution in [0.25, 0.3) is 0 Å². The van der Waals surface area contributed by atoms with Crippen LogP contribution in [0.3, 0.4) is 0 Å². The average molecular weight is 309 g/mol. The van der Waals surface area contributed by atoms with Crippen molar-refractivity contribution >= 4 is 13.6 Å². The molecule has 0 saturated heterocycles. The number of rotatable bonds is 4. The van der Waals surface area contributed by atoms with E-state index >= 15 is 0 Å². The molecule has 0 fully saturated rings. The van der Waals surface area contributed by atoms with Gasteiger partial charge in [-0.1, -0.05) is 20.3 Å². The van der Waals surface area contributed by atoms with Gasteiger partial charge in [-0.3, -0.25) is 0 Å². The molecule has 3 heteroatoms. The van der Waals surface area contributed by atoms with Gasteiger partial charge in [0, 0.05) is 5.75 Å². The van der Waals surface area contributed by atoms with Crippen LogP contribution in [0.5, 0.6) is 5.75 Å². The molecule has 0 aliphatic heterocycles. The Morgan fingerprint density at radius 1 is 1.43 bits per heavy atom. The van der Waals surface area contributed by atoms with E-state index in [1.807, 2.05) is 25.1 Å². The van der Waals surface area contributed by atoms with Crippen LogP contribution < -0.4 is 4.74 Å². The zero-order valence-electron chi connectivity index (χ0n) is 8.85. The summed E-state index contributed by atoms with van der Waals surface area (Å²) in [5.74, 6) is 0.856. The van der Waals surface area contributed by atoms with Crippen LogP contribution in [-0.2, 0) is 16.3 Å². The summed E-state index contributed by atoms with van der Waals surface area (Å²) >= 11 is 4.25. The maximum atomic E-state index is 5.45. The van der Waals surface area contributed by atoms with Crippen molar-refractivity contribution < 1.29 is 21.1 Å². The van der Waals surface area contributed by atoms with Crippen molar-refractivity contribution in [1.82, 2.24) is 0 Å². The van der Waals surface area contributed by atoms with Crippen molar-refractivity contribution in [3.05, 3.63) is 29.8 Å². The summed E-state index contributed by atoms with van der Waals surface area (Å²) in [7, 11) is 0. The molecule has 1 aromatic carbocycles. The molecule has 0 atom stereocenters. The molecule has 0 N–H and O–H groups in total. The predicted molar refractivity (Wildman–Crippen MR) is 59.3 cm³/mol. The van der Waals surface area contributed by atoms with E-state index < -0.39 is 0 Å².